The maximum Gasteiger partial charge on any atom is 0.119 e. The van der Waals surface area contributed by atoms with E-state index >= 15 is 0 Å². The molecule has 0 N–H and O–H groups in total. The van der Waals surface area contributed by atoms with Crippen LogP contribution < -0.4 is 4.74 Å². The maximum atomic E-state index is 5.75. The lowest BCUT2D eigenvalue weighted by Gasteiger charge is -2.11. The van der Waals surface area contributed by atoms with Crippen LogP contribution >= 0.6 is 0 Å². The van der Waals surface area contributed by atoms with Crippen LogP contribution in [0.15, 0.2) is 78.9 Å². The fraction of sp³-hybridized carbons (Fsp3) is 0.182. The summed E-state index contributed by atoms with van der Waals surface area (Å²) in [4.78, 5) is 0. The lowest BCUT2D eigenvalue weighted by molar-refractivity contribution is 0.309. The van der Waals surface area contributed by atoms with E-state index in [1.807, 2.05) is 0 Å². The van der Waals surface area contributed by atoms with Crippen LogP contribution in [0.2, 0.25) is 0 Å². The van der Waals surface area contributed by atoms with Gasteiger partial charge >= 0.3 is 0 Å². The number of unbranched alkanes of at least 4 members (excludes halogenated alkanes) is 1. The molecule has 0 saturated heterocycles. The van der Waals surface area contributed by atoms with E-state index in [4.69, 9.17) is 4.74 Å². The number of benzene rings is 3. The second kappa shape index (κ2) is 7.64. The second-order valence-electron chi connectivity index (χ2n) is 5.64. The average Bonchev–Trinajstić information content (AvgIpc) is 2.63. The van der Waals surface area contributed by atoms with Gasteiger partial charge in [0.15, 0.2) is 0 Å². The molecule has 1 nitrogen and oxygen atoms in total. The second-order valence-corrected chi connectivity index (χ2v) is 5.64. The molecule has 0 heterocycles. The Hall–Kier alpha value is -2.54. The van der Waals surface area contributed by atoms with Crippen LogP contribution in [0.5, 0.6) is 5.75 Å². The van der Waals surface area contributed by atoms with Gasteiger partial charge in [0, 0.05) is 0 Å². The lowest BCUT2D eigenvalue weighted by atomic mass is 9.95. The van der Waals surface area contributed by atoms with E-state index in [9.17, 15) is 0 Å². The monoisotopic (exact) mass is 302 g/mol. The summed E-state index contributed by atoms with van der Waals surface area (Å²) in [5, 5.41) is 0. The highest BCUT2D eigenvalue weighted by Crippen LogP contribution is 2.32. The van der Waals surface area contributed by atoms with Gasteiger partial charge in [-0.2, -0.15) is 0 Å². The smallest absolute Gasteiger partial charge is 0.119 e. The molecule has 0 radical (unpaired) electrons. The Labute approximate surface area is 138 Å². The van der Waals surface area contributed by atoms with E-state index in [1.54, 1.807) is 0 Å². The molecular weight excluding hydrogens is 280 g/mol. The molecule has 0 aliphatic carbocycles. The zero-order valence-electron chi connectivity index (χ0n) is 13.5. The summed E-state index contributed by atoms with van der Waals surface area (Å²) in [7, 11) is 0. The molecule has 0 spiro atoms. The average molecular weight is 302 g/mol. The lowest BCUT2D eigenvalue weighted by Crippen LogP contribution is -1.96. The third-order valence-electron chi connectivity index (χ3n) is 3.94. The Morgan fingerprint density at radius 1 is 0.652 bits per heavy atom. The molecule has 0 unspecified atom stereocenters. The van der Waals surface area contributed by atoms with Crippen molar-refractivity contribution in [1.29, 1.82) is 0 Å². The molecule has 3 aromatic rings. The summed E-state index contributed by atoms with van der Waals surface area (Å²) >= 11 is 0. The predicted octanol–water partition coefficient (Wildman–Crippen LogP) is 6.20. The van der Waals surface area contributed by atoms with Gasteiger partial charge < -0.3 is 4.74 Å². The van der Waals surface area contributed by atoms with Crippen molar-refractivity contribution in [3.05, 3.63) is 78.9 Å². The van der Waals surface area contributed by atoms with Gasteiger partial charge in [-0.3, -0.25) is 0 Å². The van der Waals surface area contributed by atoms with E-state index in [-0.39, 0.29) is 0 Å². The van der Waals surface area contributed by atoms with Crippen molar-refractivity contribution in [2.45, 2.75) is 19.8 Å². The van der Waals surface area contributed by atoms with Gasteiger partial charge in [0.05, 0.1) is 6.61 Å². The summed E-state index contributed by atoms with van der Waals surface area (Å²) in [6, 6.07) is 27.5. The van der Waals surface area contributed by atoms with Crippen molar-refractivity contribution >= 4 is 0 Å². The van der Waals surface area contributed by atoms with E-state index in [2.05, 4.69) is 85.8 Å². The van der Waals surface area contributed by atoms with Crippen LogP contribution in [-0.2, 0) is 0 Å². The van der Waals surface area contributed by atoms with Gasteiger partial charge in [0.1, 0.15) is 5.75 Å². The third kappa shape index (κ3) is 3.81. The zero-order chi connectivity index (χ0) is 15.9. The van der Waals surface area contributed by atoms with Crippen LogP contribution in [0.4, 0.5) is 0 Å². The molecule has 0 bridgehead atoms. The molecule has 0 aliphatic rings. The minimum absolute atomic E-state index is 0.788. The van der Waals surface area contributed by atoms with Crippen LogP contribution in [-0.4, -0.2) is 6.61 Å². The topological polar surface area (TPSA) is 9.23 Å². The first-order valence-corrected chi connectivity index (χ1v) is 8.26. The molecular formula is C22H22O. The largest absolute Gasteiger partial charge is 0.494 e. The minimum atomic E-state index is 0.788. The number of ether oxygens (including phenoxy) is 1. The Balaban J connectivity index is 1.88. The summed E-state index contributed by atoms with van der Waals surface area (Å²) < 4.78 is 5.75. The third-order valence-corrected chi connectivity index (χ3v) is 3.94. The number of rotatable bonds is 6. The Morgan fingerprint density at radius 2 is 1.22 bits per heavy atom. The molecule has 23 heavy (non-hydrogen) atoms. The van der Waals surface area contributed by atoms with Crippen molar-refractivity contribution in [3.8, 4) is 28.0 Å². The molecule has 3 aromatic carbocycles. The van der Waals surface area contributed by atoms with Gasteiger partial charge in [-0.1, -0.05) is 80.1 Å². The van der Waals surface area contributed by atoms with Crippen LogP contribution in [0, 0.1) is 0 Å². The van der Waals surface area contributed by atoms with Crippen molar-refractivity contribution < 1.29 is 4.74 Å². The van der Waals surface area contributed by atoms with Crippen molar-refractivity contribution in [2.24, 2.45) is 0 Å². The van der Waals surface area contributed by atoms with E-state index in [0.29, 0.717) is 0 Å². The predicted molar refractivity (Wildman–Crippen MR) is 97.7 cm³/mol. The fourth-order valence-corrected chi connectivity index (χ4v) is 2.67. The molecule has 0 amide bonds. The molecule has 3 rings (SSSR count). The highest BCUT2D eigenvalue weighted by molar-refractivity contribution is 5.83. The van der Waals surface area contributed by atoms with E-state index < -0.39 is 0 Å². The standard InChI is InChI=1S/C22H22O/c1-2-3-17-23-20-15-13-19(14-16-20)22-12-8-7-11-21(22)18-9-5-4-6-10-18/h4-16H,2-3,17H2,1H3. The molecule has 1 heteroatoms. The molecule has 116 valence electrons. The maximum absolute atomic E-state index is 5.75. The van der Waals surface area contributed by atoms with Crippen molar-refractivity contribution in [1.82, 2.24) is 0 Å². The highest BCUT2D eigenvalue weighted by Gasteiger charge is 2.06. The van der Waals surface area contributed by atoms with Crippen LogP contribution in [0.3, 0.4) is 0 Å². The van der Waals surface area contributed by atoms with Gasteiger partial charge in [-0.15, -0.1) is 0 Å². The summed E-state index contributed by atoms with van der Waals surface area (Å²) in [5.74, 6) is 0.944. The molecule has 0 aliphatic heterocycles. The summed E-state index contributed by atoms with van der Waals surface area (Å²) in [6.45, 7) is 2.96. The first-order valence-electron chi connectivity index (χ1n) is 8.26. The van der Waals surface area contributed by atoms with Gasteiger partial charge in [-0.25, -0.2) is 0 Å². The van der Waals surface area contributed by atoms with Crippen molar-refractivity contribution in [3.63, 3.8) is 0 Å². The first-order chi connectivity index (χ1) is 11.4. The highest BCUT2D eigenvalue weighted by atomic mass is 16.5. The Morgan fingerprint density at radius 3 is 1.83 bits per heavy atom. The molecule has 0 saturated carbocycles. The number of hydrogen-bond acceptors (Lipinski definition) is 1. The summed E-state index contributed by atoms with van der Waals surface area (Å²) in [5.41, 5.74) is 4.96. The minimum Gasteiger partial charge on any atom is -0.494 e. The van der Waals surface area contributed by atoms with Gasteiger partial charge in [0.2, 0.25) is 0 Å². The molecule has 0 aromatic heterocycles. The molecule has 0 fully saturated rings. The SMILES string of the molecule is CCCCOc1ccc(-c2ccccc2-c2ccccc2)cc1. The number of hydrogen-bond donors (Lipinski definition) is 0. The Kier molecular flexibility index (Phi) is 5.10. The Bertz CT molecular complexity index is 729. The molecule has 0 atom stereocenters. The van der Waals surface area contributed by atoms with Crippen LogP contribution in [0.1, 0.15) is 19.8 Å². The van der Waals surface area contributed by atoms with Gasteiger partial charge in [0.25, 0.3) is 0 Å². The van der Waals surface area contributed by atoms with E-state index in [0.717, 1.165) is 25.2 Å². The normalized spacial score (nSPS) is 10.5. The quantitative estimate of drug-likeness (QED) is 0.493. The zero-order valence-corrected chi connectivity index (χ0v) is 13.5. The van der Waals surface area contributed by atoms with Crippen molar-refractivity contribution in [2.75, 3.05) is 6.61 Å². The van der Waals surface area contributed by atoms with Gasteiger partial charge in [-0.05, 0) is 40.8 Å². The summed E-state index contributed by atoms with van der Waals surface area (Å²) in [6.07, 6.45) is 2.25. The van der Waals surface area contributed by atoms with Crippen LogP contribution in [0.25, 0.3) is 22.3 Å². The fourth-order valence-electron chi connectivity index (χ4n) is 2.67. The first kappa shape index (κ1) is 15.4. The van der Waals surface area contributed by atoms with E-state index in [1.165, 1.54) is 22.3 Å².